The number of hydrogen-bond acceptors (Lipinski definition) is 3. The summed E-state index contributed by atoms with van der Waals surface area (Å²) in [6.45, 7) is 6.19. The number of nitrogens with one attached hydrogen (secondary N) is 1. The van der Waals surface area contributed by atoms with Gasteiger partial charge < -0.3 is 19.5 Å². The zero-order valence-electron chi connectivity index (χ0n) is 19.6. The van der Waals surface area contributed by atoms with Crippen molar-refractivity contribution in [1.82, 2.24) is 14.9 Å². The number of anilines is 1. The summed E-state index contributed by atoms with van der Waals surface area (Å²) in [6.07, 6.45) is 4.07. The largest absolute Gasteiger partial charge is 0.491 e. The third-order valence-electron chi connectivity index (χ3n) is 6.04. The number of benzene rings is 2. The van der Waals surface area contributed by atoms with Crippen LogP contribution in [-0.2, 0) is 0 Å². The summed E-state index contributed by atoms with van der Waals surface area (Å²) in [5.74, 6) is 0.845. The summed E-state index contributed by atoms with van der Waals surface area (Å²) in [5, 5.41) is 4.22. The van der Waals surface area contributed by atoms with Crippen molar-refractivity contribution in [1.29, 1.82) is 0 Å². The molecule has 5 rings (SSSR count). The van der Waals surface area contributed by atoms with Crippen LogP contribution in [0.15, 0.2) is 91.3 Å². The van der Waals surface area contributed by atoms with Crippen molar-refractivity contribution < 1.29 is 4.74 Å². The number of pyridine rings is 1. The number of hydrogen-bond donors (Lipinski definition) is 1. The molecular weight excluding hydrogens is 440 g/mol. The topological polar surface area (TPSA) is 42.3 Å². The first-order valence-corrected chi connectivity index (χ1v) is 11.9. The second kappa shape index (κ2) is 9.31. The predicted octanol–water partition coefficient (Wildman–Crippen LogP) is 6.15. The molecule has 0 amide bonds. The molecule has 0 unspecified atom stereocenters. The molecule has 34 heavy (non-hydrogen) atoms. The Balaban J connectivity index is 1.62. The first-order valence-electron chi connectivity index (χ1n) is 11.5. The van der Waals surface area contributed by atoms with Crippen molar-refractivity contribution in [3.05, 3.63) is 108 Å². The third kappa shape index (κ3) is 4.17. The molecule has 6 heteroatoms. The van der Waals surface area contributed by atoms with Crippen molar-refractivity contribution in [2.45, 2.75) is 39.0 Å². The summed E-state index contributed by atoms with van der Waals surface area (Å²) in [5.41, 5.74) is 5.47. The Morgan fingerprint density at radius 2 is 1.71 bits per heavy atom. The minimum atomic E-state index is -0.0991. The Labute approximate surface area is 206 Å². The molecule has 0 spiro atoms. The summed E-state index contributed by atoms with van der Waals surface area (Å²) < 4.78 is 8.12. The van der Waals surface area contributed by atoms with E-state index in [-0.39, 0.29) is 18.2 Å². The maximum Gasteiger partial charge on any atom is 0.174 e. The molecule has 0 radical (unpaired) electrons. The van der Waals surface area contributed by atoms with Crippen molar-refractivity contribution in [2.75, 3.05) is 4.90 Å². The smallest absolute Gasteiger partial charge is 0.174 e. The molecule has 1 aliphatic heterocycles. The number of ether oxygens (including phenoxy) is 1. The van der Waals surface area contributed by atoms with Crippen molar-refractivity contribution in [2.24, 2.45) is 0 Å². The van der Waals surface area contributed by atoms with Crippen molar-refractivity contribution in [3.8, 4) is 11.4 Å². The number of nitrogens with zero attached hydrogens (tertiary/aromatic N) is 3. The number of rotatable bonds is 6. The van der Waals surface area contributed by atoms with Gasteiger partial charge >= 0.3 is 0 Å². The van der Waals surface area contributed by atoms with Gasteiger partial charge in [0.15, 0.2) is 5.11 Å². The quantitative estimate of drug-likeness (QED) is 0.344. The van der Waals surface area contributed by atoms with E-state index in [0.29, 0.717) is 5.11 Å². The maximum absolute atomic E-state index is 5.89. The van der Waals surface area contributed by atoms with Crippen LogP contribution in [0.3, 0.4) is 0 Å². The highest BCUT2D eigenvalue weighted by Crippen LogP contribution is 2.42. The molecule has 5 nitrogen and oxygen atoms in total. The highest BCUT2D eigenvalue weighted by atomic mass is 32.1. The second-order valence-electron chi connectivity index (χ2n) is 8.75. The Hall–Kier alpha value is -3.64. The molecule has 1 aliphatic rings. The third-order valence-corrected chi connectivity index (χ3v) is 6.36. The van der Waals surface area contributed by atoms with Gasteiger partial charge in [-0.15, -0.1) is 0 Å². The first-order chi connectivity index (χ1) is 16.5. The van der Waals surface area contributed by atoms with E-state index in [2.05, 4.69) is 87.5 Å². The zero-order chi connectivity index (χ0) is 23.7. The number of aromatic nitrogens is 2. The molecule has 1 fully saturated rings. The average molecular weight is 469 g/mol. The van der Waals surface area contributed by atoms with E-state index in [1.807, 2.05) is 44.3 Å². The number of aryl methyl sites for hydroxylation is 1. The first kappa shape index (κ1) is 22.2. The van der Waals surface area contributed by atoms with Crippen LogP contribution in [0.4, 0.5) is 5.69 Å². The van der Waals surface area contributed by atoms with Crippen molar-refractivity contribution >= 4 is 23.0 Å². The SMILES string of the molecule is Cc1ccccc1-n1cccc1[C@@H]1[C@@H](c2ccccn2)NC(=S)N1c1ccc(OC(C)C)cc1. The van der Waals surface area contributed by atoms with E-state index < -0.39 is 0 Å². The molecular formula is C28H28N4OS. The van der Waals surface area contributed by atoms with E-state index in [9.17, 15) is 0 Å². The molecule has 0 bridgehead atoms. The van der Waals surface area contributed by atoms with Gasteiger partial charge in [-0.05, 0) is 93.1 Å². The van der Waals surface area contributed by atoms with Crippen LogP contribution < -0.4 is 15.0 Å². The molecule has 1 N–H and O–H groups in total. The maximum atomic E-state index is 5.89. The van der Waals surface area contributed by atoms with Crippen LogP contribution in [0.25, 0.3) is 5.69 Å². The molecule has 3 heterocycles. The molecule has 0 aliphatic carbocycles. The van der Waals surface area contributed by atoms with Gasteiger partial charge in [0.05, 0.1) is 17.8 Å². The van der Waals surface area contributed by atoms with Gasteiger partial charge in [-0.25, -0.2) is 0 Å². The van der Waals surface area contributed by atoms with E-state index >= 15 is 0 Å². The second-order valence-corrected chi connectivity index (χ2v) is 9.13. The average Bonchev–Trinajstić information content (AvgIpc) is 3.44. The van der Waals surface area contributed by atoms with E-state index in [4.69, 9.17) is 17.0 Å². The fraction of sp³-hybridized carbons (Fsp3) is 0.214. The molecule has 2 aromatic heterocycles. The standard InChI is InChI=1S/C28H28N4OS/c1-19(2)33-22-15-13-21(14-16-22)32-27(26(30-28(32)34)23-10-6-7-17-29-23)25-12-8-18-31(25)24-11-5-4-9-20(24)3/h4-19,26-27H,1-3H3,(H,30,34)/t26-,27-/m1/s1. The van der Waals surface area contributed by atoms with Gasteiger partial charge in [0.1, 0.15) is 11.8 Å². The molecule has 2 atom stereocenters. The lowest BCUT2D eigenvalue weighted by molar-refractivity contribution is 0.242. The molecule has 172 valence electrons. The van der Waals surface area contributed by atoms with Crippen molar-refractivity contribution in [3.63, 3.8) is 0 Å². The van der Waals surface area contributed by atoms with Crippen LogP contribution in [0.2, 0.25) is 0 Å². The number of para-hydroxylation sites is 1. The Morgan fingerprint density at radius 1 is 0.941 bits per heavy atom. The monoisotopic (exact) mass is 468 g/mol. The molecule has 4 aromatic rings. The highest BCUT2D eigenvalue weighted by molar-refractivity contribution is 7.80. The lowest BCUT2D eigenvalue weighted by Crippen LogP contribution is -2.30. The van der Waals surface area contributed by atoms with Gasteiger partial charge in [-0.3, -0.25) is 4.98 Å². The minimum absolute atomic E-state index is 0.0890. The predicted molar refractivity (Wildman–Crippen MR) is 141 cm³/mol. The van der Waals surface area contributed by atoms with Crippen LogP contribution in [0.5, 0.6) is 5.75 Å². The minimum Gasteiger partial charge on any atom is -0.491 e. The zero-order valence-corrected chi connectivity index (χ0v) is 20.4. The summed E-state index contributed by atoms with van der Waals surface area (Å²) in [4.78, 5) is 6.86. The molecule has 0 saturated carbocycles. The Morgan fingerprint density at radius 3 is 2.41 bits per heavy atom. The van der Waals surface area contributed by atoms with E-state index in [1.54, 1.807) is 0 Å². The fourth-order valence-corrected chi connectivity index (χ4v) is 4.93. The van der Waals surface area contributed by atoms with Crippen LogP contribution in [-0.4, -0.2) is 20.8 Å². The van der Waals surface area contributed by atoms with Gasteiger partial charge in [0, 0.05) is 29.5 Å². The highest BCUT2D eigenvalue weighted by Gasteiger charge is 2.42. The summed E-state index contributed by atoms with van der Waals surface area (Å²) in [6, 6.07) is 26.7. The lowest BCUT2D eigenvalue weighted by Gasteiger charge is -2.29. The Kier molecular flexibility index (Phi) is 6.07. The van der Waals surface area contributed by atoms with E-state index in [1.165, 1.54) is 5.56 Å². The normalized spacial score (nSPS) is 17.8. The lowest BCUT2D eigenvalue weighted by atomic mass is 10.0. The fourth-order valence-electron chi connectivity index (χ4n) is 4.58. The van der Waals surface area contributed by atoms with Gasteiger partial charge in [0.2, 0.25) is 0 Å². The Bertz CT molecular complexity index is 1280. The van der Waals surface area contributed by atoms with Gasteiger partial charge in [-0.2, -0.15) is 0 Å². The summed E-state index contributed by atoms with van der Waals surface area (Å²) in [7, 11) is 0. The van der Waals surface area contributed by atoms with Gasteiger partial charge in [-0.1, -0.05) is 24.3 Å². The summed E-state index contributed by atoms with van der Waals surface area (Å²) >= 11 is 5.89. The molecule has 2 aromatic carbocycles. The van der Waals surface area contributed by atoms with Crippen LogP contribution in [0, 0.1) is 6.92 Å². The van der Waals surface area contributed by atoms with Crippen LogP contribution in [0.1, 0.15) is 42.9 Å². The number of thiocarbonyl (C=S) groups is 1. The van der Waals surface area contributed by atoms with E-state index in [0.717, 1.165) is 28.5 Å². The molecule has 1 saturated heterocycles. The van der Waals surface area contributed by atoms with Crippen LogP contribution >= 0.6 is 12.2 Å². The van der Waals surface area contributed by atoms with Gasteiger partial charge in [0.25, 0.3) is 0 Å².